The van der Waals surface area contributed by atoms with E-state index in [1.54, 1.807) is 51.1 Å². The Kier molecular flexibility index (Phi) is 10.0. The highest BCUT2D eigenvalue weighted by Gasteiger charge is 2.62. The van der Waals surface area contributed by atoms with E-state index in [0.717, 1.165) is 22.0 Å². The fourth-order valence-electron chi connectivity index (χ4n) is 6.29. The van der Waals surface area contributed by atoms with E-state index in [1.165, 1.54) is 6.08 Å². The van der Waals surface area contributed by atoms with Crippen molar-refractivity contribution in [2.75, 3.05) is 13.2 Å². The van der Waals surface area contributed by atoms with Crippen molar-refractivity contribution in [3.63, 3.8) is 0 Å². The maximum atomic E-state index is 14.3. The number of hydrogen-bond donors (Lipinski definition) is 3. The molecule has 264 valence electrons. The fraction of sp³-hybridized carbons (Fsp3) is 0.625. The topological polar surface area (TPSA) is 188 Å². The molecule has 1 saturated heterocycles. The van der Waals surface area contributed by atoms with Gasteiger partial charge in [-0.05, 0) is 55.9 Å². The molecule has 4 amide bonds. The zero-order valence-corrected chi connectivity index (χ0v) is 29.1. The van der Waals surface area contributed by atoms with Crippen molar-refractivity contribution >= 4 is 43.9 Å². The molecule has 3 aliphatic carbocycles. The van der Waals surface area contributed by atoms with Crippen LogP contribution in [0.4, 0.5) is 4.79 Å². The molecule has 0 aromatic heterocycles. The van der Waals surface area contributed by atoms with Crippen LogP contribution in [0.1, 0.15) is 71.3 Å². The molecule has 14 nitrogen and oxygen atoms in total. The Bertz CT molecular complexity index is 1650. The molecule has 4 atom stereocenters. The van der Waals surface area contributed by atoms with Crippen LogP contribution in [0.2, 0.25) is 0 Å². The lowest BCUT2D eigenvalue weighted by Crippen LogP contribution is -2.60. The number of nitrogens with zero attached hydrogens (tertiary/aromatic N) is 2. The fourth-order valence-corrected chi connectivity index (χ4v) is 9.11. The van der Waals surface area contributed by atoms with Crippen molar-refractivity contribution in [2.24, 2.45) is 11.3 Å². The molecule has 0 unspecified atom stereocenters. The minimum atomic E-state index is -4.06. The summed E-state index contributed by atoms with van der Waals surface area (Å²) in [7, 11) is -8.00. The molecule has 5 rings (SSSR count). The number of carbonyl (C=O) groups excluding carboxylic acids is 4. The number of amides is 4. The van der Waals surface area contributed by atoms with Gasteiger partial charge in [0.25, 0.3) is 5.91 Å². The largest absolute Gasteiger partial charge is 0.446 e. The van der Waals surface area contributed by atoms with Gasteiger partial charge in [0.15, 0.2) is 0 Å². The number of rotatable bonds is 12. The number of benzene rings is 1. The summed E-state index contributed by atoms with van der Waals surface area (Å²) < 4.78 is 61.1. The average Bonchev–Trinajstić information content (AvgIpc) is 3.88. The first-order valence-corrected chi connectivity index (χ1v) is 19.4. The lowest BCUT2D eigenvalue weighted by molar-refractivity contribution is -0.142. The first-order chi connectivity index (χ1) is 22.5. The summed E-state index contributed by atoms with van der Waals surface area (Å²) in [6, 6.07) is 5.83. The molecule has 1 heterocycles. The van der Waals surface area contributed by atoms with Gasteiger partial charge in [-0.2, -0.15) is 4.31 Å². The normalized spacial score (nSPS) is 25.6. The summed E-state index contributed by atoms with van der Waals surface area (Å²) in [6.45, 7) is 7.96. The number of nitrogens with one attached hydrogen (secondary N) is 3. The Balaban J connectivity index is 1.41. The van der Waals surface area contributed by atoms with E-state index in [0.29, 0.717) is 31.2 Å². The number of hydrogen-bond acceptors (Lipinski definition) is 9. The van der Waals surface area contributed by atoms with E-state index >= 15 is 0 Å². The quantitative estimate of drug-likeness (QED) is 0.272. The van der Waals surface area contributed by atoms with Gasteiger partial charge < -0.3 is 20.3 Å². The van der Waals surface area contributed by atoms with E-state index < -0.39 is 91.3 Å². The third-order valence-electron chi connectivity index (χ3n) is 9.43. The highest BCUT2D eigenvalue weighted by Crippen LogP contribution is 2.45. The van der Waals surface area contributed by atoms with Crippen LogP contribution in [0.3, 0.4) is 0 Å². The zero-order valence-electron chi connectivity index (χ0n) is 27.5. The predicted molar refractivity (Wildman–Crippen MR) is 176 cm³/mol. The maximum Gasteiger partial charge on any atom is 0.408 e. The van der Waals surface area contributed by atoms with Crippen LogP contribution < -0.4 is 15.4 Å². The molecule has 3 saturated carbocycles. The smallest absolute Gasteiger partial charge is 0.408 e. The number of carbonyl (C=O) groups is 4. The number of ether oxygens (including phenoxy) is 1. The lowest BCUT2D eigenvalue weighted by atomic mass is 9.85. The molecule has 16 heteroatoms. The van der Waals surface area contributed by atoms with Crippen LogP contribution in [0.25, 0.3) is 0 Å². The summed E-state index contributed by atoms with van der Waals surface area (Å²) in [6.07, 6.45) is 4.59. The minimum Gasteiger partial charge on any atom is -0.446 e. The second kappa shape index (κ2) is 13.4. The summed E-state index contributed by atoms with van der Waals surface area (Å²) in [5, 5.41) is 4.63. The molecule has 1 aromatic carbocycles. The molecule has 48 heavy (non-hydrogen) atoms. The molecule has 0 bridgehead atoms. The van der Waals surface area contributed by atoms with Gasteiger partial charge in [0.05, 0.1) is 17.7 Å². The van der Waals surface area contributed by atoms with Crippen LogP contribution >= 0.6 is 0 Å². The van der Waals surface area contributed by atoms with Crippen molar-refractivity contribution < 1.29 is 40.8 Å². The average molecular weight is 708 g/mol. The first kappa shape index (κ1) is 35.8. The Labute approximate surface area is 282 Å². The Hall–Kier alpha value is -3.50. The second-order valence-corrected chi connectivity index (χ2v) is 18.2. The van der Waals surface area contributed by atoms with Crippen LogP contribution in [-0.2, 0) is 44.9 Å². The summed E-state index contributed by atoms with van der Waals surface area (Å²) >= 11 is 0. The molecule has 0 spiro atoms. The first-order valence-electron chi connectivity index (χ1n) is 16.3. The summed E-state index contributed by atoms with van der Waals surface area (Å²) in [5.74, 6) is -3.45. The molecule has 3 N–H and O–H groups in total. The lowest BCUT2D eigenvalue weighted by Gasteiger charge is -2.35. The van der Waals surface area contributed by atoms with Gasteiger partial charge in [-0.1, -0.05) is 57.2 Å². The van der Waals surface area contributed by atoms with E-state index in [4.69, 9.17) is 4.74 Å². The highest BCUT2D eigenvalue weighted by atomic mass is 32.2. The molecule has 0 radical (unpaired) electrons. The third-order valence-corrected chi connectivity index (χ3v) is 13.0. The Morgan fingerprint density at radius 2 is 1.69 bits per heavy atom. The van der Waals surface area contributed by atoms with Gasteiger partial charge in [-0.3, -0.25) is 19.1 Å². The van der Waals surface area contributed by atoms with E-state index in [1.807, 2.05) is 0 Å². The van der Waals surface area contributed by atoms with Crippen molar-refractivity contribution in [3.8, 4) is 0 Å². The van der Waals surface area contributed by atoms with Crippen molar-refractivity contribution in [1.29, 1.82) is 0 Å². The SMILES string of the molecule is C=C[C@@H]1C[C@]1(NC(=O)[C@@H]1CN(S(=O)(=O)Cc2ccccc2)CN1C(=O)[C@@H](NC(=O)OC1CCCC1)C(C)(C)C)C(=O)NS(=O)(=O)C1CC1. The van der Waals surface area contributed by atoms with Gasteiger partial charge in [0.2, 0.25) is 31.9 Å². The van der Waals surface area contributed by atoms with Crippen molar-refractivity contribution in [3.05, 3.63) is 48.6 Å². The third kappa shape index (κ3) is 7.86. The molecular formula is C32H45N5O9S2. The Morgan fingerprint density at radius 1 is 1.04 bits per heavy atom. The van der Waals surface area contributed by atoms with Crippen LogP contribution in [-0.4, -0.2) is 92.0 Å². The van der Waals surface area contributed by atoms with Crippen LogP contribution in [0.15, 0.2) is 43.0 Å². The van der Waals surface area contributed by atoms with Gasteiger partial charge >= 0.3 is 6.09 Å². The molecule has 4 aliphatic rings. The molecule has 4 fully saturated rings. The monoisotopic (exact) mass is 707 g/mol. The van der Waals surface area contributed by atoms with Gasteiger partial charge in [-0.25, -0.2) is 21.6 Å². The molecule has 1 aromatic rings. The Morgan fingerprint density at radius 3 is 2.25 bits per heavy atom. The molecular weight excluding hydrogens is 663 g/mol. The minimum absolute atomic E-state index is 0.0735. The van der Waals surface area contributed by atoms with E-state index in [9.17, 15) is 36.0 Å². The van der Waals surface area contributed by atoms with Crippen LogP contribution in [0, 0.1) is 11.3 Å². The van der Waals surface area contributed by atoms with Crippen molar-refractivity contribution in [1.82, 2.24) is 24.6 Å². The van der Waals surface area contributed by atoms with Crippen LogP contribution in [0.5, 0.6) is 0 Å². The standard InChI is InChI=1S/C32H45N5O9S2/c1-5-22-17-32(22,29(40)35-48(44,45)24-15-16-24)34-27(38)25-18-36(47(42,43)19-21-11-7-6-8-12-21)20-37(25)28(39)26(31(2,3)4)33-30(41)46-23-13-9-10-14-23/h5-8,11-12,22-26H,1,9-10,13-20H2,2-4H3,(H,33,41)(H,34,38)(H,35,40)/t22-,25+,26-,32-/m1/s1. The number of alkyl carbamates (subject to hydrolysis) is 1. The molecule has 1 aliphatic heterocycles. The van der Waals surface area contributed by atoms with Gasteiger partial charge in [0, 0.05) is 12.5 Å². The zero-order chi connectivity index (χ0) is 35.1. The maximum absolute atomic E-state index is 14.3. The van der Waals surface area contributed by atoms with Gasteiger partial charge in [0.1, 0.15) is 23.7 Å². The predicted octanol–water partition coefficient (Wildman–Crippen LogP) is 1.74. The van der Waals surface area contributed by atoms with E-state index in [-0.39, 0.29) is 18.3 Å². The number of sulfonamides is 2. The highest BCUT2D eigenvalue weighted by molar-refractivity contribution is 7.91. The second-order valence-electron chi connectivity index (χ2n) is 14.3. The van der Waals surface area contributed by atoms with E-state index in [2.05, 4.69) is 21.9 Å². The summed E-state index contributed by atoms with van der Waals surface area (Å²) in [4.78, 5) is 55.7. The summed E-state index contributed by atoms with van der Waals surface area (Å²) in [5.41, 5.74) is -2.02. The van der Waals surface area contributed by atoms with Crippen molar-refractivity contribution in [2.45, 2.75) is 100 Å². The van der Waals surface area contributed by atoms with Gasteiger partial charge in [-0.15, -0.1) is 6.58 Å².